The van der Waals surface area contributed by atoms with Crippen molar-refractivity contribution in [2.75, 3.05) is 6.66 Å². The van der Waals surface area contributed by atoms with E-state index in [0.717, 1.165) is 11.1 Å². The normalized spacial score (nSPS) is 14.1. The maximum atomic E-state index is 5.91. The summed E-state index contributed by atoms with van der Waals surface area (Å²) in [6.07, 6.45) is -1.93. The first kappa shape index (κ1) is 11.4. The van der Waals surface area contributed by atoms with Crippen LogP contribution in [0.4, 0.5) is 0 Å². The predicted molar refractivity (Wildman–Crippen MR) is 73.4 cm³/mol. The molecule has 3 heteroatoms. The second kappa shape index (κ2) is 4.82. The van der Waals surface area contributed by atoms with Crippen LogP contribution in [-0.4, -0.2) is 6.66 Å². The van der Waals surface area contributed by atoms with Gasteiger partial charge in [-0.3, -0.25) is 0 Å². The molecule has 0 spiro atoms. The highest BCUT2D eigenvalue weighted by Crippen LogP contribution is 2.42. The third-order valence-corrected chi connectivity index (χ3v) is 4.90. The zero-order valence-electron chi connectivity index (χ0n) is 9.04. The van der Waals surface area contributed by atoms with E-state index in [-0.39, 0.29) is 0 Å². The first-order chi connectivity index (χ1) is 7.68. The summed E-state index contributed by atoms with van der Waals surface area (Å²) in [6.45, 7) is 2.00. The molecule has 0 aliphatic carbocycles. The summed E-state index contributed by atoms with van der Waals surface area (Å²) in [7, 11) is 0. The Morgan fingerprint density at radius 2 is 1.38 bits per heavy atom. The molecule has 2 rings (SSSR count). The molecule has 0 bridgehead atoms. The molecule has 0 fully saturated rings. The SMILES string of the molecule is CP(=S)(Oc1ccccc1)c1ccccc1. The van der Waals surface area contributed by atoms with Crippen LogP contribution in [0.15, 0.2) is 60.7 Å². The Labute approximate surface area is 101 Å². The van der Waals surface area contributed by atoms with Crippen LogP contribution in [-0.2, 0) is 11.8 Å². The van der Waals surface area contributed by atoms with Gasteiger partial charge in [0.25, 0.3) is 0 Å². The van der Waals surface area contributed by atoms with Gasteiger partial charge >= 0.3 is 0 Å². The van der Waals surface area contributed by atoms with E-state index < -0.39 is 6.26 Å². The lowest BCUT2D eigenvalue weighted by Crippen LogP contribution is -2.07. The number of hydrogen-bond acceptors (Lipinski definition) is 2. The first-order valence-corrected chi connectivity index (χ1v) is 8.23. The topological polar surface area (TPSA) is 9.23 Å². The molecule has 1 atom stereocenters. The minimum atomic E-state index is -1.93. The van der Waals surface area contributed by atoms with E-state index in [0.29, 0.717) is 0 Å². The summed E-state index contributed by atoms with van der Waals surface area (Å²) in [5, 5.41) is 1.11. The van der Waals surface area contributed by atoms with E-state index in [4.69, 9.17) is 16.3 Å². The van der Waals surface area contributed by atoms with Crippen molar-refractivity contribution in [2.24, 2.45) is 0 Å². The van der Waals surface area contributed by atoms with E-state index in [2.05, 4.69) is 0 Å². The van der Waals surface area contributed by atoms with E-state index in [1.807, 2.05) is 67.3 Å². The van der Waals surface area contributed by atoms with Gasteiger partial charge in [0.05, 0.1) is 0 Å². The highest BCUT2D eigenvalue weighted by Gasteiger charge is 2.14. The number of para-hydroxylation sites is 1. The Balaban J connectivity index is 2.25. The van der Waals surface area contributed by atoms with Crippen LogP contribution in [0.5, 0.6) is 5.75 Å². The van der Waals surface area contributed by atoms with Crippen LogP contribution < -0.4 is 9.83 Å². The minimum absolute atomic E-state index is 0.845. The van der Waals surface area contributed by atoms with Crippen LogP contribution in [0.3, 0.4) is 0 Å². The Morgan fingerprint density at radius 1 is 0.875 bits per heavy atom. The van der Waals surface area contributed by atoms with Gasteiger partial charge in [0.2, 0.25) is 0 Å². The molecule has 1 unspecified atom stereocenters. The zero-order chi connectivity index (χ0) is 11.4. The maximum Gasteiger partial charge on any atom is 0.140 e. The van der Waals surface area contributed by atoms with Gasteiger partial charge in [-0.25, -0.2) is 0 Å². The van der Waals surface area contributed by atoms with Crippen molar-refractivity contribution >= 4 is 23.4 Å². The predicted octanol–water partition coefficient (Wildman–Crippen LogP) is 3.42. The zero-order valence-corrected chi connectivity index (χ0v) is 10.7. The Bertz CT molecular complexity index is 496. The Hall–Kier alpha value is -1.11. The quantitative estimate of drug-likeness (QED) is 0.770. The van der Waals surface area contributed by atoms with Crippen molar-refractivity contribution < 1.29 is 4.52 Å². The molecule has 2 aromatic carbocycles. The van der Waals surface area contributed by atoms with E-state index >= 15 is 0 Å². The van der Waals surface area contributed by atoms with Crippen molar-refractivity contribution in [3.63, 3.8) is 0 Å². The average Bonchev–Trinajstić information content (AvgIpc) is 2.31. The lowest BCUT2D eigenvalue weighted by molar-refractivity contribution is 0.624. The monoisotopic (exact) mass is 248 g/mol. The standard InChI is InChI=1S/C13H13OPS/c1-15(16,13-10-6-3-7-11-13)14-12-8-4-2-5-9-12/h2-11H,1H3. The van der Waals surface area contributed by atoms with Crippen LogP contribution in [0.25, 0.3) is 0 Å². The van der Waals surface area contributed by atoms with Gasteiger partial charge in [0.1, 0.15) is 12.0 Å². The lowest BCUT2D eigenvalue weighted by Gasteiger charge is -2.19. The molecular weight excluding hydrogens is 235 g/mol. The fraction of sp³-hybridized carbons (Fsp3) is 0.0769. The van der Waals surface area contributed by atoms with Crippen molar-refractivity contribution in [3.8, 4) is 5.75 Å². The van der Waals surface area contributed by atoms with Crippen LogP contribution in [0, 0.1) is 0 Å². The molecule has 0 heterocycles. The van der Waals surface area contributed by atoms with Gasteiger partial charge in [-0.15, -0.1) is 0 Å². The van der Waals surface area contributed by atoms with Crippen molar-refractivity contribution in [1.82, 2.24) is 0 Å². The van der Waals surface area contributed by atoms with E-state index in [1.54, 1.807) is 0 Å². The number of benzene rings is 2. The van der Waals surface area contributed by atoms with Crippen LogP contribution in [0.1, 0.15) is 0 Å². The molecule has 0 amide bonds. The molecule has 0 N–H and O–H groups in total. The molecule has 0 aromatic heterocycles. The Kier molecular flexibility index (Phi) is 3.42. The number of rotatable bonds is 3. The third kappa shape index (κ3) is 2.72. The summed E-state index contributed by atoms with van der Waals surface area (Å²) in [5.74, 6) is 0.845. The molecule has 2 aromatic rings. The summed E-state index contributed by atoms with van der Waals surface area (Å²) in [5.41, 5.74) is 0. The molecule has 0 saturated heterocycles. The fourth-order valence-corrected chi connectivity index (χ4v) is 3.40. The largest absolute Gasteiger partial charge is 0.462 e. The van der Waals surface area contributed by atoms with Crippen molar-refractivity contribution in [1.29, 1.82) is 0 Å². The fourth-order valence-electron chi connectivity index (χ4n) is 1.43. The van der Waals surface area contributed by atoms with E-state index in [1.165, 1.54) is 0 Å². The molecule has 0 radical (unpaired) electrons. The highest BCUT2D eigenvalue weighted by atomic mass is 32.4. The molecule has 0 saturated carbocycles. The highest BCUT2D eigenvalue weighted by molar-refractivity contribution is 8.15. The molecule has 16 heavy (non-hydrogen) atoms. The van der Waals surface area contributed by atoms with Crippen molar-refractivity contribution in [2.45, 2.75) is 0 Å². The molecule has 0 aliphatic heterocycles. The summed E-state index contributed by atoms with van der Waals surface area (Å²) >= 11 is 5.58. The minimum Gasteiger partial charge on any atom is -0.462 e. The van der Waals surface area contributed by atoms with Gasteiger partial charge in [-0.1, -0.05) is 48.5 Å². The molecular formula is C13H13OPS. The lowest BCUT2D eigenvalue weighted by atomic mass is 10.3. The second-order valence-electron chi connectivity index (χ2n) is 3.59. The third-order valence-electron chi connectivity index (χ3n) is 2.25. The van der Waals surface area contributed by atoms with Gasteiger partial charge in [-0.2, -0.15) is 0 Å². The molecule has 1 nitrogen and oxygen atoms in total. The van der Waals surface area contributed by atoms with Gasteiger partial charge in [0.15, 0.2) is 0 Å². The Morgan fingerprint density at radius 3 is 1.94 bits per heavy atom. The molecule has 0 aliphatic rings. The maximum absolute atomic E-state index is 5.91. The van der Waals surface area contributed by atoms with Gasteiger partial charge < -0.3 is 4.52 Å². The number of hydrogen-bond donors (Lipinski definition) is 0. The summed E-state index contributed by atoms with van der Waals surface area (Å²) in [6, 6.07) is 19.8. The average molecular weight is 248 g/mol. The summed E-state index contributed by atoms with van der Waals surface area (Å²) in [4.78, 5) is 0. The van der Waals surface area contributed by atoms with Crippen molar-refractivity contribution in [3.05, 3.63) is 60.7 Å². The van der Waals surface area contributed by atoms with E-state index in [9.17, 15) is 0 Å². The first-order valence-electron chi connectivity index (χ1n) is 5.06. The van der Waals surface area contributed by atoms with Crippen LogP contribution in [0.2, 0.25) is 0 Å². The van der Waals surface area contributed by atoms with Gasteiger partial charge in [-0.05, 0) is 23.9 Å². The second-order valence-corrected chi connectivity index (χ2v) is 8.07. The summed E-state index contributed by atoms with van der Waals surface area (Å²) < 4.78 is 5.91. The van der Waals surface area contributed by atoms with Gasteiger partial charge in [0, 0.05) is 12.0 Å². The smallest absolute Gasteiger partial charge is 0.140 e. The molecule has 82 valence electrons. The van der Waals surface area contributed by atoms with Crippen LogP contribution >= 0.6 is 6.26 Å².